The summed E-state index contributed by atoms with van der Waals surface area (Å²) in [5, 5.41) is 13.3. The van der Waals surface area contributed by atoms with Gasteiger partial charge in [0, 0.05) is 23.6 Å². The number of fused-ring (bicyclic) bond motifs is 1. The molecule has 4 aromatic rings. The molecule has 1 saturated heterocycles. The first-order valence-corrected chi connectivity index (χ1v) is 10.7. The minimum Gasteiger partial charge on any atom is -0.507 e. The average molecular weight is 434 g/mol. The van der Waals surface area contributed by atoms with E-state index in [0.717, 1.165) is 21.9 Å². The van der Waals surface area contributed by atoms with Crippen LogP contribution >= 0.6 is 0 Å². The zero-order valence-electron chi connectivity index (χ0n) is 18.3. The van der Waals surface area contributed by atoms with Gasteiger partial charge in [-0.3, -0.25) is 19.5 Å². The van der Waals surface area contributed by atoms with Gasteiger partial charge < -0.3 is 5.11 Å². The van der Waals surface area contributed by atoms with Crippen LogP contribution < -0.4 is 4.90 Å². The van der Waals surface area contributed by atoms with E-state index in [-0.39, 0.29) is 11.3 Å². The van der Waals surface area contributed by atoms with Gasteiger partial charge in [-0.05, 0) is 65.6 Å². The number of Topliss-reactive ketones (excluding diaryl/α,β-unsaturated/α-hetero) is 1. The van der Waals surface area contributed by atoms with Crippen molar-refractivity contribution in [3.63, 3.8) is 0 Å². The molecule has 1 fully saturated rings. The number of aryl methyl sites for hydroxylation is 2. The molecule has 2 heterocycles. The standard InChI is InChI=1S/C28H22N2O3/c1-17-12-18(2)14-23(13-17)30-25(22-8-5-11-29-16-22)24(27(32)28(30)33)26(31)21-10-9-19-6-3-4-7-20(19)15-21/h3-16,25,31H,1-2H3/b26-24-. The summed E-state index contributed by atoms with van der Waals surface area (Å²) in [6.07, 6.45) is 3.26. The van der Waals surface area contributed by atoms with E-state index >= 15 is 0 Å². The zero-order chi connectivity index (χ0) is 23.1. The monoisotopic (exact) mass is 434 g/mol. The summed E-state index contributed by atoms with van der Waals surface area (Å²) >= 11 is 0. The van der Waals surface area contributed by atoms with Gasteiger partial charge in [-0.1, -0.05) is 48.5 Å². The Hall–Kier alpha value is -4.25. The molecule has 0 spiro atoms. The van der Waals surface area contributed by atoms with Crippen LogP contribution in [0.2, 0.25) is 0 Å². The number of aromatic nitrogens is 1. The molecule has 0 radical (unpaired) electrons. The number of anilines is 1. The lowest BCUT2D eigenvalue weighted by molar-refractivity contribution is -0.132. The zero-order valence-corrected chi connectivity index (χ0v) is 18.3. The molecular formula is C28H22N2O3. The number of pyridine rings is 1. The first kappa shape index (κ1) is 20.6. The lowest BCUT2D eigenvalue weighted by atomic mass is 9.95. The Morgan fingerprint density at radius 3 is 2.30 bits per heavy atom. The third kappa shape index (κ3) is 3.57. The number of aliphatic hydroxyl groups is 1. The largest absolute Gasteiger partial charge is 0.507 e. The first-order chi connectivity index (χ1) is 15.9. The Kier molecular flexibility index (Phi) is 5.02. The number of carbonyl (C=O) groups is 2. The molecule has 33 heavy (non-hydrogen) atoms. The molecule has 3 aromatic carbocycles. The van der Waals surface area contributed by atoms with Crippen molar-refractivity contribution in [2.24, 2.45) is 0 Å². The van der Waals surface area contributed by atoms with Crippen LogP contribution in [-0.4, -0.2) is 21.8 Å². The van der Waals surface area contributed by atoms with Gasteiger partial charge in [0.25, 0.3) is 11.7 Å². The summed E-state index contributed by atoms with van der Waals surface area (Å²) in [5.74, 6) is -1.58. The Morgan fingerprint density at radius 1 is 0.879 bits per heavy atom. The van der Waals surface area contributed by atoms with Gasteiger partial charge in [0.1, 0.15) is 5.76 Å². The van der Waals surface area contributed by atoms with E-state index in [1.807, 2.05) is 74.5 Å². The predicted octanol–water partition coefficient (Wildman–Crippen LogP) is 5.48. The second-order valence-electron chi connectivity index (χ2n) is 8.36. The van der Waals surface area contributed by atoms with E-state index < -0.39 is 17.7 Å². The number of hydrogen-bond acceptors (Lipinski definition) is 4. The molecule has 1 aliphatic rings. The van der Waals surface area contributed by atoms with Crippen LogP contribution in [0.15, 0.2) is 90.8 Å². The van der Waals surface area contributed by atoms with Crippen molar-refractivity contribution in [2.75, 3.05) is 4.90 Å². The van der Waals surface area contributed by atoms with Crippen molar-refractivity contribution in [1.82, 2.24) is 4.98 Å². The Balaban J connectivity index is 1.74. The topological polar surface area (TPSA) is 70.5 Å². The van der Waals surface area contributed by atoms with Crippen LogP contribution in [0.25, 0.3) is 16.5 Å². The smallest absolute Gasteiger partial charge is 0.300 e. The number of amides is 1. The number of rotatable bonds is 3. The molecule has 0 saturated carbocycles. The normalized spacial score (nSPS) is 17.6. The Bertz CT molecular complexity index is 1420. The quantitative estimate of drug-likeness (QED) is 0.263. The number of benzene rings is 3. The molecular weight excluding hydrogens is 412 g/mol. The molecule has 1 atom stereocenters. The van der Waals surface area contributed by atoms with E-state index in [2.05, 4.69) is 4.98 Å². The maximum atomic E-state index is 13.3. The second kappa shape index (κ2) is 8.02. The molecule has 5 heteroatoms. The average Bonchev–Trinajstić information content (AvgIpc) is 3.08. The molecule has 1 aromatic heterocycles. The highest BCUT2D eigenvalue weighted by Gasteiger charge is 2.47. The van der Waals surface area contributed by atoms with Crippen molar-refractivity contribution in [3.05, 3.63) is 113 Å². The van der Waals surface area contributed by atoms with Crippen molar-refractivity contribution >= 4 is 33.9 Å². The molecule has 5 nitrogen and oxygen atoms in total. The van der Waals surface area contributed by atoms with Crippen molar-refractivity contribution in [2.45, 2.75) is 19.9 Å². The second-order valence-corrected chi connectivity index (χ2v) is 8.36. The van der Waals surface area contributed by atoms with E-state index in [0.29, 0.717) is 16.8 Å². The summed E-state index contributed by atoms with van der Waals surface area (Å²) < 4.78 is 0. The van der Waals surface area contributed by atoms with E-state index in [9.17, 15) is 14.7 Å². The molecule has 0 bridgehead atoms. The lowest BCUT2D eigenvalue weighted by Gasteiger charge is -2.26. The number of aliphatic hydroxyl groups excluding tert-OH is 1. The number of hydrogen-bond donors (Lipinski definition) is 1. The molecule has 1 aliphatic heterocycles. The van der Waals surface area contributed by atoms with Gasteiger partial charge in [-0.2, -0.15) is 0 Å². The Morgan fingerprint density at radius 2 is 1.61 bits per heavy atom. The fraction of sp³-hybridized carbons (Fsp3) is 0.107. The van der Waals surface area contributed by atoms with Gasteiger partial charge >= 0.3 is 0 Å². The van der Waals surface area contributed by atoms with Gasteiger partial charge in [0.05, 0.1) is 11.6 Å². The van der Waals surface area contributed by atoms with Crippen LogP contribution in [0.3, 0.4) is 0 Å². The number of nitrogens with zero attached hydrogens (tertiary/aromatic N) is 2. The lowest BCUT2D eigenvalue weighted by Crippen LogP contribution is -2.29. The van der Waals surface area contributed by atoms with Crippen LogP contribution in [0, 0.1) is 13.8 Å². The summed E-state index contributed by atoms with van der Waals surface area (Å²) in [5.41, 5.74) is 3.76. The van der Waals surface area contributed by atoms with Gasteiger partial charge in [-0.15, -0.1) is 0 Å². The predicted molar refractivity (Wildman–Crippen MR) is 129 cm³/mol. The maximum absolute atomic E-state index is 13.3. The van der Waals surface area contributed by atoms with Crippen LogP contribution in [-0.2, 0) is 9.59 Å². The number of carbonyl (C=O) groups excluding carboxylic acids is 2. The van der Waals surface area contributed by atoms with Crippen molar-refractivity contribution in [1.29, 1.82) is 0 Å². The van der Waals surface area contributed by atoms with Crippen molar-refractivity contribution < 1.29 is 14.7 Å². The summed E-state index contributed by atoms with van der Waals surface area (Å²) in [6.45, 7) is 3.89. The minimum absolute atomic E-state index is 0.0578. The molecule has 0 aliphatic carbocycles. The molecule has 1 unspecified atom stereocenters. The van der Waals surface area contributed by atoms with Gasteiger partial charge in [-0.25, -0.2) is 0 Å². The minimum atomic E-state index is -0.786. The number of ketones is 1. The Labute approximate surface area is 191 Å². The summed E-state index contributed by atoms with van der Waals surface area (Å²) in [4.78, 5) is 32.2. The molecule has 162 valence electrons. The maximum Gasteiger partial charge on any atom is 0.300 e. The first-order valence-electron chi connectivity index (χ1n) is 10.7. The third-order valence-electron chi connectivity index (χ3n) is 5.95. The fourth-order valence-electron chi connectivity index (χ4n) is 4.53. The van der Waals surface area contributed by atoms with Gasteiger partial charge in [0.2, 0.25) is 0 Å². The van der Waals surface area contributed by atoms with E-state index in [4.69, 9.17) is 0 Å². The highest BCUT2D eigenvalue weighted by molar-refractivity contribution is 6.51. The van der Waals surface area contributed by atoms with E-state index in [1.165, 1.54) is 4.90 Å². The van der Waals surface area contributed by atoms with Crippen LogP contribution in [0.5, 0.6) is 0 Å². The third-order valence-corrected chi connectivity index (χ3v) is 5.95. The van der Waals surface area contributed by atoms with Gasteiger partial charge in [0.15, 0.2) is 0 Å². The molecule has 5 rings (SSSR count). The molecule has 1 N–H and O–H groups in total. The summed E-state index contributed by atoms with van der Waals surface area (Å²) in [6, 6.07) is 21.8. The highest BCUT2D eigenvalue weighted by atomic mass is 16.3. The fourth-order valence-corrected chi connectivity index (χ4v) is 4.53. The SMILES string of the molecule is Cc1cc(C)cc(N2C(=O)C(=O)/C(=C(\O)c3ccc4ccccc4c3)C2c2cccnc2)c1. The van der Waals surface area contributed by atoms with Crippen LogP contribution in [0.4, 0.5) is 5.69 Å². The highest BCUT2D eigenvalue weighted by Crippen LogP contribution is 2.42. The molecule has 1 amide bonds. The summed E-state index contributed by atoms with van der Waals surface area (Å²) in [7, 11) is 0. The van der Waals surface area contributed by atoms with Crippen molar-refractivity contribution in [3.8, 4) is 0 Å². The van der Waals surface area contributed by atoms with Crippen LogP contribution in [0.1, 0.15) is 28.3 Å². The van der Waals surface area contributed by atoms with E-state index in [1.54, 1.807) is 24.5 Å².